The van der Waals surface area contributed by atoms with E-state index in [9.17, 15) is 18.4 Å². The Morgan fingerprint density at radius 3 is 2.90 bits per heavy atom. The van der Waals surface area contributed by atoms with Gasteiger partial charge in [0.25, 0.3) is 5.91 Å². The van der Waals surface area contributed by atoms with Crippen LogP contribution in [0, 0.1) is 11.6 Å². The second-order valence-electron chi connectivity index (χ2n) is 4.71. The van der Waals surface area contributed by atoms with Crippen molar-refractivity contribution in [3.63, 3.8) is 0 Å². The predicted octanol–water partition coefficient (Wildman–Crippen LogP) is 0.515. The van der Waals surface area contributed by atoms with Gasteiger partial charge in [-0.2, -0.15) is 0 Å². The fourth-order valence-corrected chi connectivity index (χ4v) is 2.30. The quantitative estimate of drug-likeness (QED) is 0.855. The number of hydrogen-bond donors (Lipinski definition) is 2. The molecule has 1 aliphatic heterocycles. The van der Waals surface area contributed by atoms with Crippen LogP contribution >= 0.6 is 0 Å². The molecular formula is C14H17F2N3O2. The molecule has 7 heteroatoms. The molecule has 0 aromatic heterocycles. The molecule has 21 heavy (non-hydrogen) atoms. The van der Waals surface area contributed by atoms with E-state index < -0.39 is 23.6 Å². The molecule has 1 atom stereocenters. The highest BCUT2D eigenvalue weighted by atomic mass is 19.2. The van der Waals surface area contributed by atoms with Gasteiger partial charge in [-0.15, -0.1) is 0 Å². The lowest BCUT2D eigenvalue weighted by atomic mass is 10.1. The summed E-state index contributed by atoms with van der Waals surface area (Å²) in [6.07, 6.45) is 0. The number of piperazine rings is 1. The number of benzene rings is 1. The van der Waals surface area contributed by atoms with Crippen molar-refractivity contribution in [1.82, 2.24) is 15.5 Å². The summed E-state index contributed by atoms with van der Waals surface area (Å²) >= 11 is 0. The van der Waals surface area contributed by atoms with Crippen molar-refractivity contribution in [1.29, 1.82) is 0 Å². The average molecular weight is 297 g/mol. The van der Waals surface area contributed by atoms with Crippen LogP contribution in [0.15, 0.2) is 18.2 Å². The molecule has 1 heterocycles. The van der Waals surface area contributed by atoms with Crippen LogP contribution in [-0.2, 0) is 4.79 Å². The van der Waals surface area contributed by atoms with Gasteiger partial charge in [0.05, 0.1) is 5.56 Å². The molecule has 0 aliphatic carbocycles. The molecule has 1 saturated heterocycles. The third-order valence-electron chi connectivity index (χ3n) is 3.34. The standard InChI is InChI=1S/C14H17F2N3O2/c1-2-18-13(20)11-8-17-6-7-19(11)14(21)9-4-3-5-10(15)12(9)16/h3-5,11,17H,2,6-8H2,1H3,(H,18,20). The summed E-state index contributed by atoms with van der Waals surface area (Å²) in [5.41, 5.74) is -0.355. The van der Waals surface area contributed by atoms with Crippen molar-refractivity contribution in [3.05, 3.63) is 35.4 Å². The number of amides is 2. The molecule has 0 bridgehead atoms. The highest BCUT2D eigenvalue weighted by Gasteiger charge is 2.33. The molecule has 0 radical (unpaired) electrons. The smallest absolute Gasteiger partial charge is 0.257 e. The average Bonchev–Trinajstić information content (AvgIpc) is 2.49. The Bertz CT molecular complexity index is 551. The third-order valence-corrected chi connectivity index (χ3v) is 3.34. The molecule has 1 aromatic carbocycles. The van der Waals surface area contributed by atoms with E-state index in [1.54, 1.807) is 6.92 Å². The number of likely N-dealkylation sites (N-methyl/N-ethyl adjacent to an activating group) is 1. The SMILES string of the molecule is CCNC(=O)C1CNCCN1C(=O)c1cccc(F)c1F. The summed E-state index contributed by atoms with van der Waals surface area (Å²) < 4.78 is 27.0. The first kappa shape index (κ1) is 15.4. The summed E-state index contributed by atoms with van der Waals surface area (Å²) in [7, 11) is 0. The minimum Gasteiger partial charge on any atom is -0.355 e. The Balaban J connectivity index is 2.26. The van der Waals surface area contributed by atoms with E-state index in [0.717, 1.165) is 6.07 Å². The zero-order valence-electron chi connectivity index (χ0n) is 11.7. The topological polar surface area (TPSA) is 61.4 Å². The Morgan fingerprint density at radius 1 is 1.43 bits per heavy atom. The van der Waals surface area contributed by atoms with Crippen LogP contribution in [0.1, 0.15) is 17.3 Å². The number of hydrogen-bond acceptors (Lipinski definition) is 3. The Hall–Kier alpha value is -2.02. The summed E-state index contributed by atoms with van der Waals surface area (Å²) in [6, 6.07) is 2.71. The van der Waals surface area contributed by atoms with Crippen LogP contribution in [0.5, 0.6) is 0 Å². The number of rotatable bonds is 3. The molecule has 1 unspecified atom stereocenters. The van der Waals surface area contributed by atoms with Gasteiger partial charge in [0, 0.05) is 26.2 Å². The van der Waals surface area contributed by atoms with E-state index in [4.69, 9.17) is 0 Å². The molecular weight excluding hydrogens is 280 g/mol. The predicted molar refractivity (Wildman–Crippen MR) is 72.7 cm³/mol. The molecule has 1 fully saturated rings. The minimum absolute atomic E-state index is 0.261. The first-order valence-electron chi connectivity index (χ1n) is 6.79. The lowest BCUT2D eigenvalue weighted by molar-refractivity contribution is -0.126. The second-order valence-corrected chi connectivity index (χ2v) is 4.71. The van der Waals surface area contributed by atoms with Crippen LogP contribution in [0.3, 0.4) is 0 Å². The van der Waals surface area contributed by atoms with E-state index in [1.165, 1.54) is 17.0 Å². The van der Waals surface area contributed by atoms with Gasteiger partial charge in [-0.3, -0.25) is 9.59 Å². The van der Waals surface area contributed by atoms with Gasteiger partial charge in [0.15, 0.2) is 11.6 Å². The summed E-state index contributed by atoms with van der Waals surface area (Å²) in [6.45, 7) is 3.25. The van der Waals surface area contributed by atoms with Crippen molar-refractivity contribution in [2.75, 3.05) is 26.2 Å². The zero-order chi connectivity index (χ0) is 15.4. The van der Waals surface area contributed by atoms with Crippen LogP contribution < -0.4 is 10.6 Å². The fraction of sp³-hybridized carbons (Fsp3) is 0.429. The molecule has 2 amide bonds. The number of nitrogens with one attached hydrogen (secondary N) is 2. The van der Waals surface area contributed by atoms with E-state index in [-0.39, 0.29) is 24.6 Å². The molecule has 1 aliphatic rings. The Morgan fingerprint density at radius 2 is 2.19 bits per heavy atom. The van der Waals surface area contributed by atoms with Gasteiger partial charge in [0.1, 0.15) is 6.04 Å². The molecule has 5 nitrogen and oxygen atoms in total. The zero-order valence-corrected chi connectivity index (χ0v) is 11.7. The van der Waals surface area contributed by atoms with E-state index >= 15 is 0 Å². The van der Waals surface area contributed by atoms with Gasteiger partial charge in [-0.1, -0.05) is 6.07 Å². The van der Waals surface area contributed by atoms with Crippen LogP contribution in [-0.4, -0.2) is 48.9 Å². The van der Waals surface area contributed by atoms with Crippen LogP contribution in [0.4, 0.5) is 8.78 Å². The Kier molecular flexibility index (Phi) is 4.85. The second kappa shape index (κ2) is 6.62. The lowest BCUT2D eigenvalue weighted by Crippen LogP contribution is -2.59. The van der Waals surface area contributed by atoms with Crippen molar-refractivity contribution in [2.24, 2.45) is 0 Å². The normalized spacial score (nSPS) is 18.4. The minimum atomic E-state index is -1.18. The van der Waals surface area contributed by atoms with Crippen molar-refractivity contribution in [3.8, 4) is 0 Å². The summed E-state index contributed by atoms with van der Waals surface area (Å²) in [5, 5.41) is 5.65. The van der Waals surface area contributed by atoms with Gasteiger partial charge < -0.3 is 15.5 Å². The van der Waals surface area contributed by atoms with E-state index in [2.05, 4.69) is 10.6 Å². The van der Waals surface area contributed by atoms with Crippen molar-refractivity contribution >= 4 is 11.8 Å². The maximum atomic E-state index is 13.7. The molecule has 114 valence electrons. The van der Waals surface area contributed by atoms with Crippen molar-refractivity contribution < 1.29 is 18.4 Å². The highest BCUT2D eigenvalue weighted by molar-refractivity contribution is 5.98. The largest absolute Gasteiger partial charge is 0.355 e. The molecule has 2 N–H and O–H groups in total. The van der Waals surface area contributed by atoms with Gasteiger partial charge >= 0.3 is 0 Å². The monoisotopic (exact) mass is 297 g/mol. The lowest BCUT2D eigenvalue weighted by Gasteiger charge is -2.35. The van der Waals surface area contributed by atoms with Gasteiger partial charge in [-0.25, -0.2) is 8.78 Å². The molecule has 2 rings (SSSR count). The molecule has 0 spiro atoms. The van der Waals surface area contributed by atoms with Crippen LogP contribution in [0.25, 0.3) is 0 Å². The number of carbonyl (C=O) groups excluding carboxylic acids is 2. The highest BCUT2D eigenvalue weighted by Crippen LogP contribution is 2.16. The maximum Gasteiger partial charge on any atom is 0.257 e. The fourth-order valence-electron chi connectivity index (χ4n) is 2.30. The number of nitrogens with zero attached hydrogens (tertiary/aromatic N) is 1. The van der Waals surface area contributed by atoms with E-state index in [0.29, 0.717) is 13.1 Å². The Labute approximate surface area is 121 Å². The summed E-state index contributed by atoms with van der Waals surface area (Å²) in [5.74, 6) is -3.25. The summed E-state index contributed by atoms with van der Waals surface area (Å²) in [4.78, 5) is 25.7. The first-order valence-corrected chi connectivity index (χ1v) is 6.79. The first-order chi connectivity index (χ1) is 10.1. The number of halogens is 2. The molecule has 1 aromatic rings. The number of carbonyl (C=O) groups is 2. The van der Waals surface area contributed by atoms with Gasteiger partial charge in [-0.05, 0) is 19.1 Å². The van der Waals surface area contributed by atoms with E-state index in [1.807, 2.05) is 0 Å². The van der Waals surface area contributed by atoms with Crippen molar-refractivity contribution in [2.45, 2.75) is 13.0 Å². The van der Waals surface area contributed by atoms with Crippen LogP contribution in [0.2, 0.25) is 0 Å². The van der Waals surface area contributed by atoms with Gasteiger partial charge in [0.2, 0.25) is 5.91 Å². The third kappa shape index (κ3) is 3.18. The maximum absolute atomic E-state index is 13.7. The molecule has 0 saturated carbocycles.